The van der Waals surface area contributed by atoms with E-state index >= 15 is 0 Å². The van der Waals surface area contributed by atoms with E-state index in [0.29, 0.717) is 18.1 Å². The maximum atomic E-state index is 5.56. The minimum Gasteiger partial charge on any atom is -0.467 e. The van der Waals surface area contributed by atoms with Crippen LogP contribution in [0, 0.1) is 6.92 Å². The second kappa shape index (κ2) is 7.27. The lowest BCUT2D eigenvalue weighted by molar-refractivity contribution is 0.482. The molecular formula is C20H19N5O2S. The molecule has 7 nitrogen and oxygen atoms in total. The Kier molecular flexibility index (Phi) is 4.48. The molecule has 5 rings (SSSR count). The number of hydrogen-bond acceptors (Lipinski definition) is 7. The number of aryl methyl sites for hydroxylation is 2. The highest BCUT2D eigenvalue weighted by atomic mass is 32.2. The summed E-state index contributed by atoms with van der Waals surface area (Å²) in [4.78, 5) is 9.36. The highest BCUT2D eigenvalue weighted by Crippen LogP contribution is 2.34. The molecule has 0 aromatic carbocycles. The first kappa shape index (κ1) is 17.2. The maximum absolute atomic E-state index is 5.56. The molecule has 142 valence electrons. The van der Waals surface area contributed by atoms with E-state index in [1.807, 2.05) is 35.8 Å². The molecule has 0 radical (unpaired) electrons. The van der Waals surface area contributed by atoms with Crippen LogP contribution in [0.25, 0.3) is 11.6 Å². The van der Waals surface area contributed by atoms with Crippen LogP contribution in [0.2, 0.25) is 0 Å². The van der Waals surface area contributed by atoms with Gasteiger partial charge in [-0.3, -0.25) is 4.57 Å². The third kappa shape index (κ3) is 3.24. The highest BCUT2D eigenvalue weighted by Gasteiger charge is 2.22. The van der Waals surface area contributed by atoms with Crippen LogP contribution in [0.3, 0.4) is 0 Å². The van der Waals surface area contributed by atoms with Crippen molar-refractivity contribution in [3.63, 3.8) is 0 Å². The Hall–Kier alpha value is -2.87. The Morgan fingerprint density at radius 2 is 1.89 bits per heavy atom. The van der Waals surface area contributed by atoms with Crippen LogP contribution in [0.1, 0.15) is 35.7 Å². The second-order valence-electron chi connectivity index (χ2n) is 6.76. The second-order valence-corrected chi connectivity index (χ2v) is 7.72. The largest absolute Gasteiger partial charge is 0.467 e. The van der Waals surface area contributed by atoms with Crippen LogP contribution in [0.15, 0.2) is 55.8 Å². The summed E-state index contributed by atoms with van der Waals surface area (Å²) in [6.45, 7) is 2.46. The first-order valence-electron chi connectivity index (χ1n) is 9.31. The molecule has 1 aliphatic rings. The van der Waals surface area contributed by atoms with Gasteiger partial charge >= 0.3 is 0 Å². The Morgan fingerprint density at radius 3 is 2.71 bits per heavy atom. The summed E-state index contributed by atoms with van der Waals surface area (Å²) in [5, 5.41) is 10.6. The van der Waals surface area contributed by atoms with Crippen molar-refractivity contribution in [2.45, 2.75) is 49.3 Å². The molecule has 4 heterocycles. The van der Waals surface area contributed by atoms with Gasteiger partial charge in [-0.15, -0.1) is 10.2 Å². The third-order valence-corrected chi connectivity index (χ3v) is 5.81. The summed E-state index contributed by atoms with van der Waals surface area (Å²) in [5.41, 5.74) is 2.42. The molecule has 0 bridgehead atoms. The molecule has 0 spiro atoms. The van der Waals surface area contributed by atoms with Crippen molar-refractivity contribution in [1.29, 1.82) is 0 Å². The molecule has 0 atom stereocenters. The SMILES string of the molecule is Cc1nc2c(c(Sc3nnc(-c4ccco4)n3Cc3ccco3)n1)CCCC2. The molecule has 0 aliphatic heterocycles. The standard InChI is InChI=1S/C20H19N5O2S/c1-13-21-16-8-3-2-7-15(16)19(22-13)28-20-24-23-18(17-9-5-11-27-17)25(20)12-14-6-4-10-26-14/h4-6,9-11H,2-3,7-8,12H2,1H3. The molecule has 4 aromatic heterocycles. The molecule has 8 heteroatoms. The van der Waals surface area contributed by atoms with Gasteiger partial charge in [-0.25, -0.2) is 9.97 Å². The fraction of sp³-hybridized carbons (Fsp3) is 0.300. The normalized spacial score (nSPS) is 13.6. The van der Waals surface area contributed by atoms with Crippen molar-refractivity contribution in [3.05, 3.63) is 59.6 Å². The summed E-state index contributed by atoms with van der Waals surface area (Å²) < 4.78 is 13.1. The predicted molar refractivity (Wildman–Crippen MR) is 103 cm³/mol. The molecule has 0 saturated carbocycles. The molecule has 0 N–H and O–H groups in total. The first-order valence-corrected chi connectivity index (χ1v) is 10.1. The van der Waals surface area contributed by atoms with Crippen LogP contribution in [-0.2, 0) is 19.4 Å². The van der Waals surface area contributed by atoms with E-state index in [9.17, 15) is 0 Å². The summed E-state index contributed by atoms with van der Waals surface area (Å²) in [6, 6.07) is 7.55. The van der Waals surface area contributed by atoms with Crippen molar-refractivity contribution >= 4 is 11.8 Å². The molecule has 4 aromatic rings. The van der Waals surface area contributed by atoms with E-state index in [0.717, 1.165) is 34.6 Å². The van der Waals surface area contributed by atoms with Gasteiger partial charge in [0.1, 0.15) is 16.6 Å². The zero-order valence-electron chi connectivity index (χ0n) is 15.5. The fourth-order valence-electron chi connectivity index (χ4n) is 3.50. The zero-order valence-corrected chi connectivity index (χ0v) is 16.3. The van der Waals surface area contributed by atoms with E-state index in [1.165, 1.54) is 35.9 Å². The summed E-state index contributed by atoms with van der Waals surface area (Å²) >= 11 is 1.54. The van der Waals surface area contributed by atoms with Gasteiger partial charge in [0.15, 0.2) is 10.9 Å². The summed E-state index contributed by atoms with van der Waals surface area (Å²) in [5.74, 6) is 2.97. The lowest BCUT2D eigenvalue weighted by atomic mass is 9.97. The van der Waals surface area contributed by atoms with Gasteiger partial charge in [0.25, 0.3) is 0 Å². The van der Waals surface area contributed by atoms with Crippen molar-refractivity contribution in [2.75, 3.05) is 0 Å². The van der Waals surface area contributed by atoms with Gasteiger partial charge in [0, 0.05) is 11.3 Å². The maximum Gasteiger partial charge on any atom is 0.200 e. The zero-order chi connectivity index (χ0) is 18.9. The van der Waals surface area contributed by atoms with Crippen LogP contribution in [0.5, 0.6) is 0 Å². The predicted octanol–water partition coefficient (Wildman–Crippen LogP) is 4.31. The average molecular weight is 393 g/mol. The van der Waals surface area contributed by atoms with Crippen LogP contribution in [-0.4, -0.2) is 24.7 Å². The minimum atomic E-state index is 0.518. The third-order valence-electron chi connectivity index (χ3n) is 4.80. The number of furan rings is 2. The van der Waals surface area contributed by atoms with Crippen molar-refractivity contribution in [3.8, 4) is 11.6 Å². The minimum absolute atomic E-state index is 0.518. The Labute approximate surface area is 166 Å². The topological polar surface area (TPSA) is 82.8 Å². The van der Waals surface area contributed by atoms with Crippen LogP contribution in [0.4, 0.5) is 0 Å². The monoisotopic (exact) mass is 393 g/mol. The van der Waals surface area contributed by atoms with Crippen molar-refractivity contribution in [1.82, 2.24) is 24.7 Å². The number of aromatic nitrogens is 5. The van der Waals surface area contributed by atoms with Crippen LogP contribution >= 0.6 is 11.8 Å². The van der Waals surface area contributed by atoms with Gasteiger partial charge in [-0.2, -0.15) is 0 Å². The lowest BCUT2D eigenvalue weighted by Gasteiger charge is -2.18. The average Bonchev–Trinajstić information content (AvgIpc) is 3.45. The number of fused-ring (bicyclic) bond motifs is 1. The van der Waals surface area contributed by atoms with E-state index in [2.05, 4.69) is 15.2 Å². The van der Waals surface area contributed by atoms with Gasteiger partial charge in [-0.05, 0) is 68.6 Å². The highest BCUT2D eigenvalue weighted by molar-refractivity contribution is 7.99. The molecule has 0 saturated heterocycles. The number of hydrogen-bond donors (Lipinski definition) is 0. The Balaban J connectivity index is 1.56. The molecule has 0 unspecified atom stereocenters. The molecule has 0 amide bonds. The van der Waals surface area contributed by atoms with Gasteiger partial charge in [0.05, 0.1) is 19.1 Å². The number of rotatable bonds is 5. The Morgan fingerprint density at radius 1 is 1.04 bits per heavy atom. The van der Waals surface area contributed by atoms with E-state index in [-0.39, 0.29) is 0 Å². The molecule has 0 fully saturated rings. The van der Waals surface area contributed by atoms with Crippen LogP contribution < -0.4 is 0 Å². The summed E-state index contributed by atoms with van der Waals surface area (Å²) in [7, 11) is 0. The molecule has 28 heavy (non-hydrogen) atoms. The Bertz CT molecular complexity index is 1090. The van der Waals surface area contributed by atoms with E-state index < -0.39 is 0 Å². The quantitative estimate of drug-likeness (QED) is 0.467. The summed E-state index contributed by atoms with van der Waals surface area (Å²) in [6.07, 6.45) is 7.69. The first-order chi connectivity index (χ1) is 13.8. The lowest BCUT2D eigenvalue weighted by Crippen LogP contribution is -2.10. The number of nitrogens with zero attached hydrogens (tertiary/aromatic N) is 5. The van der Waals surface area contributed by atoms with Crippen molar-refractivity contribution < 1.29 is 8.83 Å². The molecular weight excluding hydrogens is 374 g/mol. The van der Waals surface area contributed by atoms with E-state index in [4.69, 9.17) is 13.8 Å². The van der Waals surface area contributed by atoms with Gasteiger partial charge in [-0.1, -0.05) is 0 Å². The molecule has 1 aliphatic carbocycles. The van der Waals surface area contributed by atoms with E-state index in [1.54, 1.807) is 12.5 Å². The van der Waals surface area contributed by atoms with Gasteiger partial charge in [0.2, 0.25) is 5.82 Å². The smallest absolute Gasteiger partial charge is 0.200 e. The van der Waals surface area contributed by atoms with Crippen molar-refractivity contribution in [2.24, 2.45) is 0 Å². The fourth-order valence-corrected chi connectivity index (χ4v) is 4.54. The van der Waals surface area contributed by atoms with Gasteiger partial charge < -0.3 is 8.83 Å².